The lowest BCUT2D eigenvalue weighted by molar-refractivity contribution is 0.0943. The number of hydrogen-bond donors (Lipinski definition) is 0. The first-order valence-corrected chi connectivity index (χ1v) is 6.43. The van der Waals surface area contributed by atoms with Crippen molar-refractivity contribution in [3.63, 3.8) is 0 Å². The maximum Gasteiger partial charge on any atom is 0.176 e. The molecule has 2 rings (SSSR count). The van der Waals surface area contributed by atoms with E-state index in [2.05, 4.69) is 15.9 Å². The van der Waals surface area contributed by atoms with Crippen LogP contribution in [0.4, 0.5) is 0 Å². The molecule has 0 atom stereocenters. The highest BCUT2D eigenvalue weighted by molar-refractivity contribution is 9.10. The van der Waals surface area contributed by atoms with Gasteiger partial charge in [-0.2, -0.15) is 0 Å². The Morgan fingerprint density at radius 2 is 2.00 bits per heavy atom. The van der Waals surface area contributed by atoms with E-state index in [1.54, 1.807) is 12.5 Å². The van der Waals surface area contributed by atoms with Gasteiger partial charge in [-0.25, -0.2) is 0 Å². The first kappa shape index (κ1) is 13.1. The van der Waals surface area contributed by atoms with Crippen molar-refractivity contribution in [3.8, 4) is 0 Å². The third kappa shape index (κ3) is 3.55. The second-order valence-electron chi connectivity index (χ2n) is 4.23. The van der Waals surface area contributed by atoms with Crippen molar-refractivity contribution < 1.29 is 9.21 Å². The van der Waals surface area contributed by atoms with Crippen molar-refractivity contribution in [2.45, 2.75) is 6.54 Å². The van der Waals surface area contributed by atoms with Crippen molar-refractivity contribution in [3.05, 3.63) is 58.5 Å². The average molecular weight is 308 g/mol. The smallest absolute Gasteiger partial charge is 0.176 e. The summed E-state index contributed by atoms with van der Waals surface area (Å²) in [7, 11) is 1.92. The molecule has 94 valence electrons. The highest BCUT2D eigenvalue weighted by Gasteiger charge is 2.10. The fourth-order valence-electron chi connectivity index (χ4n) is 1.72. The molecule has 0 saturated carbocycles. The Labute approximate surface area is 115 Å². The van der Waals surface area contributed by atoms with Crippen molar-refractivity contribution in [2.24, 2.45) is 0 Å². The third-order valence-corrected chi connectivity index (χ3v) is 3.14. The molecule has 0 spiro atoms. The summed E-state index contributed by atoms with van der Waals surface area (Å²) in [4.78, 5) is 14.0. The summed E-state index contributed by atoms with van der Waals surface area (Å²) in [5.41, 5.74) is 1.80. The zero-order valence-corrected chi connectivity index (χ0v) is 11.7. The number of rotatable bonds is 5. The molecule has 1 aromatic heterocycles. The Hall–Kier alpha value is -1.39. The van der Waals surface area contributed by atoms with E-state index in [0.717, 1.165) is 15.6 Å². The predicted octanol–water partition coefficient (Wildman–Crippen LogP) is 3.36. The fourth-order valence-corrected chi connectivity index (χ4v) is 1.99. The Balaban J connectivity index is 1.92. The van der Waals surface area contributed by atoms with Crippen molar-refractivity contribution in [1.29, 1.82) is 0 Å². The van der Waals surface area contributed by atoms with Gasteiger partial charge in [-0.3, -0.25) is 9.69 Å². The van der Waals surface area contributed by atoms with Crippen LogP contribution >= 0.6 is 15.9 Å². The van der Waals surface area contributed by atoms with E-state index < -0.39 is 0 Å². The van der Waals surface area contributed by atoms with Crippen LogP contribution in [0.5, 0.6) is 0 Å². The summed E-state index contributed by atoms with van der Waals surface area (Å²) < 4.78 is 5.98. The molecule has 2 aromatic rings. The van der Waals surface area contributed by atoms with Gasteiger partial charge in [-0.05, 0) is 25.2 Å². The number of benzene rings is 1. The molecular formula is C14H14BrNO2. The topological polar surface area (TPSA) is 33.5 Å². The Kier molecular flexibility index (Phi) is 4.33. The molecule has 0 radical (unpaired) electrons. The summed E-state index contributed by atoms with van der Waals surface area (Å²) in [5.74, 6) is 0.119. The molecule has 1 aromatic carbocycles. The molecule has 18 heavy (non-hydrogen) atoms. The van der Waals surface area contributed by atoms with E-state index in [1.165, 1.54) is 0 Å². The highest BCUT2D eigenvalue weighted by atomic mass is 79.9. The van der Waals surface area contributed by atoms with Gasteiger partial charge in [0.25, 0.3) is 0 Å². The largest absolute Gasteiger partial charge is 0.472 e. The minimum Gasteiger partial charge on any atom is -0.472 e. The number of Topliss-reactive ketones (excluding diaryl/α,β-unsaturated/α-hetero) is 1. The van der Waals surface area contributed by atoms with Crippen LogP contribution < -0.4 is 0 Å². The lowest BCUT2D eigenvalue weighted by Gasteiger charge is -2.14. The van der Waals surface area contributed by atoms with Crippen molar-refractivity contribution in [2.75, 3.05) is 13.6 Å². The van der Waals surface area contributed by atoms with Crippen LogP contribution in [0.15, 0.2) is 51.7 Å². The van der Waals surface area contributed by atoms with Crippen molar-refractivity contribution >= 4 is 21.7 Å². The predicted molar refractivity (Wildman–Crippen MR) is 73.5 cm³/mol. The molecular weight excluding hydrogens is 294 g/mol. The molecule has 0 aliphatic carbocycles. The number of halogens is 1. The fraction of sp³-hybridized carbons (Fsp3) is 0.214. The van der Waals surface area contributed by atoms with Crippen LogP contribution in [0.2, 0.25) is 0 Å². The Morgan fingerprint density at radius 3 is 2.61 bits per heavy atom. The molecule has 0 amide bonds. The molecule has 0 N–H and O–H groups in total. The van der Waals surface area contributed by atoms with Crippen LogP contribution in [-0.4, -0.2) is 24.3 Å². The molecule has 1 heterocycles. The van der Waals surface area contributed by atoms with Gasteiger partial charge in [-0.1, -0.05) is 28.1 Å². The van der Waals surface area contributed by atoms with Gasteiger partial charge in [0, 0.05) is 22.1 Å². The van der Waals surface area contributed by atoms with Crippen molar-refractivity contribution in [1.82, 2.24) is 4.90 Å². The zero-order valence-electron chi connectivity index (χ0n) is 10.1. The number of carbonyl (C=O) groups is 1. The lowest BCUT2D eigenvalue weighted by Crippen LogP contribution is -2.25. The second-order valence-corrected chi connectivity index (χ2v) is 5.15. The van der Waals surface area contributed by atoms with Crippen LogP contribution in [-0.2, 0) is 6.54 Å². The van der Waals surface area contributed by atoms with Crippen LogP contribution in [0, 0.1) is 0 Å². The quantitative estimate of drug-likeness (QED) is 0.794. The van der Waals surface area contributed by atoms with Gasteiger partial charge < -0.3 is 4.42 Å². The maximum atomic E-state index is 12.0. The third-order valence-electron chi connectivity index (χ3n) is 2.61. The molecule has 4 heteroatoms. The Morgan fingerprint density at radius 1 is 1.28 bits per heavy atom. The Bertz CT molecular complexity index is 505. The van der Waals surface area contributed by atoms with E-state index >= 15 is 0 Å². The molecule has 0 unspecified atom stereocenters. The van der Waals surface area contributed by atoms with Gasteiger partial charge >= 0.3 is 0 Å². The minimum atomic E-state index is 0.119. The zero-order chi connectivity index (χ0) is 13.0. The monoisotopic (exact) mass is 307 g/mol. The van der Waals surface area contributed by atoms with Gasteiger partial charge in [0.1, 0.15) is 0 Å². The molecule has 0 aliphatic rings. The first-order valence-electron chi connectivity index (χ1n) is 5.63. The van der Waals surface area contributed by atoms with Gasteiger partial charge in [0.05, 0.1) is 19.1 Å². The summed E-state index contributed by atoms with van der Waals surface area (Å²) in [6.45, 7) is 1.10. The molecule has 0 aliphatic heterocycles. The molecule has 0 saturated heterocycles. The molecule has 3 nitrogen and oxygen atoms in total. The maximum absolute atomic E-state index is 12.0. The number of likely N-dealkylation sites (N-methyl/N-ethyl adjacent to an activating group) is 1. The van der Waals surface area contributed by atoms with E-state index in [9.17, 15) is 4.79 Å². The SMILES string of the molecule is CN(CC(=O)c1ccc(Br)cc1)Cc1ccoc1. The molecule has 0 bridgehead atoms. The van der Waals surface area contributed by atoms with E-state index in [4.69, 9.17) is 4.42 Å². The van der Waals surface area contributed by atoms with Gasteiger partial charge in [0.2, 0.25) is 0 Å². The minimum absolute atomic E-state index is 0.119. The number of ketones is 1. The van der Waals surface area contributed by atoms with Crippen LogP contribution in [0.3, 0.4) is 0 Å². The first-order chi connectivity index (χ1) is 8.65. The number of hydrogen-bond acceptors (Lipinski definition) is 3. The van der Waals surface area contributed by atoms with Crippen LogP contribution in [0.1, 0.15) is 15.9 Å². The normalized spacial score (nSPS) is 10.8. The van der Waals surface area contributed by atoms with Crippen LogP contribution in [0.25, 0.3) is 0 Å². The summed E-state index contributed by atoms with van der Waals surface area (Å²) in [6.07, 6.45) is 3.33. The van der Waals surface area contributed by atoms with E-state index in [-0.39, 0.29) is 5.78 Å². The van der Waals surface area contributed by atoms with Gasteiger partial charge in [0.15, 0.2) is 5.78 Å². The second kappa shape index (κ2) is 5.98. The number of furan rings is 1. The van der Waals surface area contributed by atoms with E-state index in [0.29, 0.717) is 13.1 Å². The lowest BCUT2D eigenvalue weighted by atomic mass is 10.1. The summed E-state index contributed by atoms with van der Waals surface area (Å²) >= 11 is 3.35. The standard InChI is InChI=1S/C14H14BrNO2/c1-16(8-11-6-7-18-10-11)9-14(17)12-2-4-13(15)5-3-12/h2-7,10H,8-9H2,1H3. The number of nitrogens with zero attached hydrogens (tertiary/aromatic N) is 1. The summed E-state index contributed by atoms with van der Waals surface area (Å²) in [6, 6.07) is 9.32. The molecule has 0 fully saturated rings. The van der Waals surface area contributed by atoms with E-state index in [1.807, 2.05) is 42.3 Å². The van der Waals surface area contributed by atoms with Gasteiger partial charge in [-0.15, -0.1) is 0 Å². The average Bonchev–Trinajstić information content (AvgIpc) is 2.82. The highest BCUT2D eigenvalue weighted by Crippen LogP contribution is 2.12. The summed E-state index contributed by atoms with van der Waals surface area (Å²) in [5, 5.41) is 0. The number of carbonyl (C=O) groups excluding carboxylic acids is 1.